The summed E-state index contributed by atoms with van der Waals surface area (Å²) in [4.78, 5) is 23.1. The molecular formula is C18H28O6. The number of allylic oxidation sites excluding steroid dienone is 2. The molecule has 0 amide bonds. The number of carbonyl (C=O) groups excluding carboxylic acids is 2. The molecule has 136 valence electrons. The third-order valence-corrected chi connectivity index (χ3v) is 4.30. The molecule has 6 nitrogen and oxygen atoms in total. The Labute approximate surface area is 143 Å². The second kappa shape index (κ2) is 11.8. The molecule has 0 aromatic rings. The summed E-state index contributed by atoms with van der Waals surface area (Å²) in [5.41, 5.74) is -0.430. The summed E-state index contributed by atoms with van der Waals surface area (Å²) in [6.45, 7) is -1.32. The molecular weight excluding hydrogens is 312 g/mol. The van der Waals surface area contributed by atoms with Crippen molar-refractivity contribution in [3.05, 3.63) is 24.3 Å². The van der Waals surface area contributed by atoms with Crippen LogP contribution in [0, 0.1) is 5.41 Å². The van der Waals surface area contributed by atoms with E-state index in [1.54, 1.807) is 12.2 Å². The van der Waals surface area contributed by atoms with Gasteiger partial charge in [-0.15, -0.1) is 0 Å². The quantitative estimate of drug-likeness (QED) is 0.438. The normalized spacial score (nSPS) is 19.2. The smallest absolute Gasteiger partial charge is 0.332 e. The summed E-state index contributed by atoms with van der Waals surface area (Å²) in [6.07, 6.45) is 15.7. The van der Waals surface area contributed by atoms with Crippen LogP contribution in [-0.2, 0) is 19.1 Å². The molecule has 0 aromatic heterocycles. The molecule has 0 heterocycles. The summed E-state index contributed by atoms with van der Waals surface area (Å²) < 4.78 is 9.05. The molecule has 0 spiro atoms. The Morgan fingerprint density at radius 3 is 1.50 bits per heavy atom. The summed E-state index contributed by atoms with van der Waals surface area (Å²) >= 11 is 0. The van der Waals surface area contributed by atoms with Crippen LogP contribution in [0.4, 0.5) is 0 Å². The van der Waals surface area contributed by atoms with Crippen LogP contribution in [0.5, 0.6) is 0 Å². The van der Waals surface area contributed by atoms with Crippen molar-refractivity contribution in [2.24, 2.45) is 5.41 Å². The Morgan fingerprint density at radius 2 is 1.12 bits per heavy atom. The van der Waals surface area contributed by atoms with Gasteiger partial charge < -0.3 is 19.7 Å². The lowest BCUT2D eigenvalue weighted by Gasteiger charge is -2.28. The molecule has 24 heavy (non-hydrogen) atoms. The van der Waals surface area contributed by atoms with Gasteiger partial charge in [-0.1, -0.05) is 57.1 Å². The van der Waals surface area contributed by atoms with Crippen LogP contribution in [0.25, 0.3) is 0 Å². The molecule has 0 aromatic carbocycles. The minimum atomic E-state index is -0.658. The Balaban J connectivity index is 2.92. The predicted molar refractivity (Wildman–Crippen MR) is 88.6 cm³/mol. The minimum Gasteiger partial charge on any atom is -0.436 e. The second-order valence-electron chi connectivity index (χ2n) is 6.06. The van der Waals surface area contributed by atoms with Crippen molar-refractivity contribution in [3.63, 3.8) is 0 Å². The van der Waals surface area contributed by atoms with E-state index in [9.17, 15) is 9.59 Å². The zero-order chi connectivity index (χ0) is 17.7. The Kier molecular flexibility index (Phi) is 10.0. The van der Waals surface area contributed by atoms with E-state index in [4.69, 9.17) is 10.2 Å². The average Bonchev–Trinajstić information content (AvgIpc) is 2.57. The maximum atomic E-state index is 11.5. The van der Waals surface area contributed by atoms with Crippen molar-refractivity contribution in [2.75, 3.05) is 13.6 Å². The topological polar surface area (TPSA) is 93.1 Å². The maximum absolute atomic E-state index is 11.5. The summed E-state index contributed by atoms with van der Waals surface area (Å²) in [5, 5.41) is 17.3. The van der Waals surface area contributed by atoms with E-state index in [1.165, 1.54) is 31.4 Å². The van der Waals surface area contributed by atoms with Gasteiger partial charge >= 0.3 is 11.9 Å². The molecule has 1 fully saturated rings. The van der Waals surface area contributed by atoms with E-state index >= 15 is 0 Å². The van der Waals surface area contributed by atoms with Gasteiger partial charge in [-0.05, 0) is 12.8 Å². The van der Waals surface area contributed by atoms with E-state index in [2.05, 4.69) is 9.47 Å². The van der Waals surface area contributed by atoms with Gasteiger partial charge in [0.25, 0.3) is 0 Å². The van der Waals surface area contributed by atoms with Crippen LogP contribution >= 0.6 is 0 Å². The molecule has 1 saturated carbocycles. The lowest BCUT2D eigenvalue weighted by Crippen LogP contribution is -2.18. The summed E-state index contributed by atoms with van der Waals surface area (Å²) in [6, 6.07) is 0. The van der Waals surface area contributed by atoms with Gasteiger partial charge in [0.15, 0.2) is 13.6 Å². The number of ether oxygens (including phenoxy) is 2. The van der Waals surface area contributed by atoms with Crippen LogP contribution in [0.2, 0.25) is 0 Å². The zero-order valence-corrected chi connectivity index (χ0v) is 14.1. The lowest BCUT2D eigenvalue weighted by molar-refractivity contribution is -0.146. The highest BCUT2D eigenvalue weighted by molar-refractivity contribution is 5.83. The van der Waals surface area contributed by atoms with E-state index in [0.29, 0.717) is 0 Å². The third kappa shape index (κ3) is 8.26. The van der Waals surface area contributed by atoms with Crippen molar-refractivity contribution in [1.82, 2.24) is 0 Å². The van der Waals surface area contributed by atoms with Crippen LogP contribution < -0.4 is 0 Å². The lowest BCUT2D eigenvalue weighted by atomic mass is 9.76. The molecule has 0 unspecified atom stereocenters. The van der Waals surface area contributed by atoms with Gasteiger partial charge in [-0.2, -0.15) is 0 Å². The van der Waals surface area contributed by atoms with Crippen molar-refractivity contribution < 1.29 is 29.3 Å². The fourth-order valence-electron chi connectivity index (χ4n) is 3.00. The van der Waals surface area contributed by atoms with Gasteiger partial charge in [0.1, 0.15) is 0 Å². The average molecular weight is 340 g/mol. The molecule has 0 radical (unpaired) electrons. The first-order valence-corrected chi connectivity index (χ1v) is 8.55. The highest BCUT2D eigenvalue weighted by atomic mass is 16.6. The standard InChI is InChI=1S/C18H28O6/c19-14-23-16(21)8-12-18(13-9-17(22)24-15-20)10-6-4-2-1-3-5-7-11-18/h8-9,12-13,19-20H,1-7,10-11,14-15H2. The third-order valence-electron chi connectivity index (χ3n) is 4.30. The maximum Gasteiger partial charge on any atom is 0.332 e. The number of rotatable bonds is 6. The van der Waals surface area contributed by atoms with Crippen molar-refractivity contribution in [1.29, 1.82) is 0 Å². The molecule has 1 rings (SSSR count). The first-order valence-electron chi connectivity index (χ1n) is 8.55. The van der Waals surface area contributed by atoms with Gasteiger partial charge in [0.05, 0.1) is 0 Å². The van der Waals surface area contributed by atoms with Crippen LogP contribution in [0.1, 0.15) is 57.8 Å². The van der Waals surface area contributed by atoms with Crippen LogP contribution in [0.15, 0.2) is 24.3 Å². The van der Waals surface area contributed by atoms with E-state index in [-0.39, 0.29) is 0 Å². The van der Waals surface area contributed by atoms with E-state index in [1.807, 2.05) is 0 Å². The molecule has 0 aliphatic heterocycles. The van der Waals surface area contributed by atoms with Crippen molar-refractivity contribution in [3.8, 4) is 0 Å². The highest BCUT2D eigenvalue weighted by Crippen LogP contribution is 2.36. The van der Waals surface area contributed by atoms with Crippen molar-refractivity contribution >= 4 is 11.9 Å². The summed E-state index contributed by atoms with van der Waals surface area (Å²) in [5.74, 6) is -1.22. The largest absolute Gasteiger partial charge is 0.436 e. The predicted octanol–water partition coefficient (Wildman–Crippen LogP) is 2.60. The molecule has 0 bridgehead atoms. The molecule has 1 aliphatic rings. The molecule has 2 N–H and O–H groups in total. The number of aliphatic hydroxyl groups is 2. The monoisotopic (exact) mass is 340 g/mol. The Bertz CT molecular complexity index is 401. The van der Waals surface area contributed by atoms with Gasteiger partial charge in [0.2, 0.25) is 0 Å². The van der Waals surface area contributed by atoms with E-state index in [0.717, 1.165) is 38.5 Å². The second-order valence-corrected chi connectivity index (χ2v) is 6.06. The van der Waals surface area contributed by atoms with Gasteiger partial charge in [-0.3, -0.25) is 0 Å². The first-order chi connectivity index (χ1) is 11.6. The van der Waals surface area contributed by atoms with E-state index < -0.39 is 30.9 Å². The number of hydrogen-bond acceptors (Lipinski definition) is 6. The molecule has 6 heteroatoms. The Hall–Kier alpha value is -1.66. The fraction of sp³-hybridized carbons (Fsp3) is 0.667. The van der Waals surface area contributed by atoms with Crippen LogP contribution in [0.3, 0.4) is 0 Å². The fourth-order valence-corrected chi connectivity index (χ4v) is 3.00. The molecule has 1 aliphatic carbocycles. The first kappa shape index (κ1) is 20.4. The zero-order valence-electron chi connectivity index (χ0n) is 14.1. The SMILES string of the molecule is O=C(C=CC1(C=CC(=O)OCO)CCCCCCCCC1)OCO. The number of carbonyl (C=O) groups is 2. The Morgan fingerprint density at radius 1 is 0.750 bits per heavy atom. The van der Waals surface area contributed by atoms with Gasteiger partial charge in [0, 0.05) is 17.6 Å². The highest BCUT2D eigenvalue weighted by Gasteiger charge is 2.24. The number of hydrogen-bond donors (Lipinski definition) is 2. The van der Waals surface area contributed by atoms with Gasteiger partial charge in [-0.25, -0.2) is 9.59 Å². The summed E-state index contributed by atoms with van der Waals surface area (Å²) in [7, 11) is 0. The number of aliphatic hydroxyl groups excluding tert-OH is 2. The van der Waals surface area contributed by atoms with Crippen molar-refractivity contribution in [2.45, 2.75) is 57.8 Å². The molecule has 0 saturated heterocycles. The number of esters is 2. The molecule has 0 atom stereocenters. The van der Waals surface area contributed by atoms with Crippen LogP contribution in [-0.4, -0.2) is 35.7 Å². The minimum absolute atomic E-state index is 0.430.